The first-order valence-electron chi connectivity index (χ1n) is 8.10. The summed E-state index contributed by atoms with van der Waals surface area (Å²) in [5.41, 5.74) is 2.28. The fourth-order valence-electron chi connectivity index (χ4n) is 2.43. The molecule has 6 heteroatoms. The third-order valence-electron chi connectivity index (χ3n) is 3.65. The Morgan fingerprint density at radius 1 is 1.20 bits per heavy atom. The third-order valence-corrected chi connectivity index (χ3v) is 4.18. The summed E-state index contributed by atoms with van der Waals surface area (Å²) in [7, 11) is 0. The number of hydrogen-bond donors (Lipinski definition) is 1. The van der Waals surface area contributed by atoms with E-state index in [2.05, 4.69) is 26.2 Å². The van der Waals surface area contributed by atoms with Crippen LogP contribution in [0.1, 0.15) is 46.0 Å². The fourth-order valence-corrected chi connectivity index (χ4v) is 2.70. The van der Waals surface area contributed by atoms with Crippen LogP contribution in [0.15, 0.2) is 40.9 Å². The Hall–Kier alpha value is -2.21. The van der Waals surface area contributed by atoms with E-state index in [1.807, 2.05) is 31.2 Å². The number of carbonyl (C=O) groups excluding carboxylic acids is 2. The van der Waals surface area contributed by atoms with Crippen LogP contribution in [0.3, 0.4) is 0 Å². The van der Waals surface area contributed by atoms with Crippen LogP contribution in [0.25, 0.3) is 0 Å². The number of benzene rings is 1. The van der Waals surface area contributed by atoms with Crippen molar-refractivity contribution in [3.05, 3.63) is 63.4 Å². The van der Waals surface area contributed by atoms with Crippen molar-refractivity contribution in [2.45, 2.75) is 33.2 Å². The molecule has 2 rings (SSSR count). The smallest absolute Gasteiger partial charge is 0.339 e. The van der Waals surface area contributed by atoms with Crippen LogP contribution >= 0.6 is 15.9 Å². The van der Waals surface area contributed by atoms with Gasteiger partial charge in [-0.05, 0) is 57.0 Å². The van der Waals surface area contributed by atoms with Crippen molar-refractivity contribution in [3.63, 3.8) is 0 Å². The molecule has 0 bridgehead atoms. The average Bonchev–Trinajstić information content (AvgIpc) is 2.57. The third kappa shape index (κ3) is 5.39. The number of carbonyl (C=O) groups is 2. The molecule has 0 saturated heterocycles. The quantitative estimate of drug-likeness (QED) is 0.745. The summed E-state index contributed by atoms with van der Waals surface area (Å²) in [4.78, 5) is 28.4. The Balaban J connectivity index is 2.01. The second-order valence-electron chi connectivity index (χ2n) is 5.76. The summed E-state index contributed by atoms with van der Waals surface area (Å²) in [6.45, 7) is 5.68. The lowest BCUT2D eigenvalue weighted by Gasteiger charge is -2.14. The predicted molar refractivity (Wildman–Crippen MR) is 99.7 cm³/mol. The highest BCUT2D eigenvalue weighted by Crippen LogP contribution is 2.13. The van der Waals surface area contributed by atoms with Crippen molar-refractivity contribution >= 4 is 27.8 Å². The van der Waals surface area contributed by atoms with Crippen LogP contribution in [0.5, 0.6) is 0 Å². The van der Waals surface area contributed by atoms with Crippen LogP contribution in [0.2, 0.25) is 0 Å². The number of aromatic nitrogens is 1. The Kier molecular flexibility index (Phi) is 6.70. The monoisotopic (exact) mass is 404 g/mol. The average molecular weight is 405 g/mol. The zero-order chi connectivity index (χ0) is 18.4. The summed E-state index contributed by atoms with van der Waals surface area (Å²) < 4.78 is 5.99. The Morgan fingerprint density at radius 2 is 1.88 bits per heavy atom. The number of halogens is 1. The van der Waals surface area contributed by atoms with Crippen molar-refractivity contribution in [2.75, 3.05) is 6.61 Å². The van der Waals surface area contributed by atoms with Crippen molar-refractivity contribution in [1.29, 1.82) is 0 Å². The van der Waals surface area contributed by atoms with E-state index in [0.29, 0.717) is 17.9 Å². The number of ether oxygens (including phenoxy) is 1. The lowest BCUT2D eigenvalue weighted by atomic mass is 10.1. The number of nitrogens with one attached hydrogen (secondary N) is 1. The van der Waals surface area contributed by atoms with Gasteiger partial charge in [-0.25, -0.2) is 9.78 Å². The van der Waals surface area contributed by atoms with Gasteiger partial charge in [0.2, 0.25) is 0 Å². The van der Waals surface area contributed by atoms with Crippen molar-refractivity contribution in [1.82, 2.24) is 10.3 Å². The van der Waals surface area contributed by atoms with E-state index in [-0.39, 0.29) is 17.6 Å². The second kappa shape index (κ2) is 8.76. The molecule has 0 aliphatic carbocycles. The van der Waals surface area contributed by atoms with E-state index < -0.39 is 5.97 Å². The normalized spacial score (nSPS) is 11.7. The minimum Gasteiger partial charge on any atom is -0.462 e. The largest absolute Gasteiger partial charge is 0.462 e. The van der Waals surface area contributed by atoms with Crippen LogP contribution < -0.4 is 5.32 Å². The second-order valence-corrected chi connectivity index (χ2v) is 6.67. The molecule has 5 nitrogen and oxygen atoms in total. The van der Waals surface area contributed by atoms with E-state index in [9.17, 15) is 9.59 Å². The molecule has 1 heterocycles. The molecule has 1 N–H and O–H groups in total. The lowest BCUT2D eigenvalue weighted by molar-refractivity contribution is 0.0524. The number of esters is 1. The number of aryl methyl sites for hydroxylation is 1. The van der Waals surface area contributed by atoms with Gasteiger partial charge in [-0.15, -0.1) is 0 Å². The van der Waals surface area contributed by atoms with Gasteiger partial charge in [-0.3, -0.25) is 4.79 Å². The minimum absolute atomic E-state index is 0.0412. The molecule has 1 aromatic heterocycles. The van der Waals surface area contributed by atoms with Gasteiger partial charge in [0.05, 0.1) is 17.9 Å². The summed E-state index contributed by atoms with van der Waals surface area (Å²) in [6.07, 6.45) is 0.721. The Bertz CT molecular complexity index is 760. The zero-order valence-corrected chi connectivity index (χ0v) is 16.1. The van der Waals surface area contributed by atoms with Gasteiger partial charge in [0, 0.05) is 10.5 Å². The Labute approximate surface area is 155 Å². The highest BCUT2D eigenvalue weighted by molar-refractivity contribution is 9.10. The van der Waals surface area contributed by atoms with Gasteiger partial charge >= 0.3 is 5.97 Å². The molecule has 2 aromatic rings. The van der Waals surface area contributed by atoms with Gasteiger partial charge in [0.25, 0.3) is 5.91 Å². The van der Waals surface area contributed by atoms with Crippen LogP contribution in [0.4, 0.5) is 0 Å². The number of hydrogen-bond acceptors (Lipinski definition) is 4. The standard InChI is InChI=1S/C19H21BrN2O3/c1-4-25-19(24)16-9-10-17(22-13(16)3)18(23)21-12(2)11-14-5-7-15(20)8-6-14/h5-10,12H,4,11H2,1-3H3,(H,21,23). The molecule has 1 amide bonds. The molecule has 1 unspecified atom stereocenters. The van der Waals surface area contributed by atoms with E-state index in [4.69, 9.17) is 4.74 Å². The van der Waals surface area contributed by atoms with Crippen molar-refractivity contribution in [2.24, 2.45) is 0 Å². The molecule has 0 spiro atoms. The molecular formula is C19H21BrN2O3. The minimum atomic E-state index is -0.428. The maximum absolute atomic E-state index is 12.4. The molecule has 25 heavy (non-hydrogen) atoms. The molecule has 0 radical (unpaired) electrons. The fraction of sp³-hybridized carbons (Fsp3) is 0.316. The first-order chi connectivity index (χ1) is 11.9. The molecule has 0 saturated carbocycles. The molecule has 1 atom stereocenters. The van der Waals surface area contributed by atoms with Gasteiger partial charge in [-0.2, -0.15) is 0 Å². The number of amides is 1. The van der Waals surface area contributed by atoms with E-state index >= 15 is 0 Å². The lowest BCUT2D eigenvalue weighted by Crippen LogP contribution is -2.34. The highest BCUT2D eigenvalue weighted by atomic mass is 79.9. The number of pyridine rings is 1. The van der Waals surface area contributed by atoms with Crippen LogP contribution in [-0.4, -0.2) is 29.5 Å². The van der Waals surface area contributed by atoms with Gasteiger partial charge < -0.3 is 10.1 Å². The highest BCUT2D eigenvalue weighted by Gasteiger charge is 2.16. The summed E-state index contributed by atoms with van der Waals surface area (Å²) in [5.74, 6) is -0.689. The zero-order valence-electron chi connectivity index (χ0n) is 14.5. The van der Waals surface area contributed by atoms with Crippen LogP contribution in [0, 0.1) is 6.92 Å². The first kappa shape index (κ1) is 19.1. The first-order valence-corrected chi connectivity index (χ1v) is 8.90. The maximum Gasteiger partial charge on any atom is 0.339 e. The van der Waals surface area contributed by atoms with E-state index in [1.165, 1.54) is 0 Å². The topological polar surface area (TPSA) is 68.3 Å². The maximum atomic E-state index is 12.4. The van der Waals surface area contributed by atoms with E-state index in [1.54, 1.807) is 26.0 Å². The Morgan fingerprint density at radius 3 is 2.48 bits per heavy atom. The van der Waals surface area contributed by atoms with Gasteiger partial charge in [0.1, 0.15) is 5.69 Å². The van der Waals surface area contributed by atoms with Crippen molar-refractivity contribution < 1.29 is 14.3 Å². The van der Waals surface area contributed by atoms with Gasteiger partial charge in [-0.1, -0.05) is 28.1 Å². The van der Waals surface area contributed by atoms with E-state index in [0.717, 1.165) is 16.5 Å². The number of nitrogens with zero attached hydrogens (tertiary/aromatic N) is 1. The number of rotatable bonds is 6. The van der Waals surface area contributed by atoms with Crippen molar-refractivity contribution in [3.8, 4) is 0 Å². The molecule has 0 fully saturated rings. The molecule has 0 aliphatic heterocycles. The van der Waals surface area contributed by atoms with Crippen LogP contribution in [-0.2, 0) is 11.2 Å². The molecule has 1 aromatic carbocycles. The summed E-state index contributed by atoms with van der Waals surface area (Å²) in [6, 6.07) is 11.1. The molecule has 132 valence electrons. The predicted octanol–water partition coefficient (Wildman–Crippen LogP) is 3.69. The van der Waals surface area contributed by atoms with Gasteiger partial charge in [0.15, 0.2) is 0 Å². The summed E-state index contributed by atoms with van der Waals surface area (Å²) in [5, 5.41) is 2.93. The SMILES string of the molecule is CCOC(=O)c1ccc(C(=O)NC(C)Cc2ccc(Br)cc2)nc1C. The molecular weight excluding hydrogens is 384 g/mol. The summed E-state index contributed by atoms with van der Waals surface area (Å²) >= 11 is 3.40. The molecule has 0 aliphatic rings.